The monoisotopic (exact) mass is 291 g/mol. The molecule has 1 aromatic heterocycles. The normalized spacial score (nSPS) is 11.3. The quantitative estimate of drug-likeness (QED) is 0.879. The van der Waals surface area contributed by atoms with Crippen LogP contribution in [0.4, 0.5) is 11.5 Å². The second-order valence-corrected chi connectivity index (χ2v) is 6.49. The van der Waals surface area contributed by atoms with Crippen molar-refractivity contribution in [2.75, 3.05) is 17.1 Å². The van der Waals surface area contributed by atoms with Gasteiger partial charge in [0.2, 0.25) is 0 Å². The van der Waals surface area contributed by atoms with Crippen molar-refractivity contribution in [3.63, 3.8) is 0 Å². The first-order valence-corrected chi connectivity index (χ1v) is 7.55. The summed E-state index contributed by atoms with van der Waals surface area (Å²) in [6.07, 6.45) is 1.56. The predicted octanol–water partition coefficient (Wildman–Crippen LogP) is 2.11. The SMILES string of the molecule is Cc1ccc(N)c(C)c1S(=O)(=O)N(C)c1ccccn1. The maximum atomic E-state index is 12.8. The van der Waals surface area contributed by atoms with Gasteiger partial charge in [0.1, 0.15) is 5.82 Å². The lowest BCUT2D eigenvalue weighted by Gasteiger charge is -2.21. The average molecular weight is 291 g/mol. The number of sulfonamides is 1. The molecule has 1 aromatic carbocycles. The van der Waals surface area contributed by atoms with Gasteiger partial charge >= 0.3 is 0 Å². The molecule has 5 nitrogen and oxygen atoms in total. The molecular formula is C14H17N3O2S. The first-order valence-electron chi connectivity index (χ1n) is 6.11. The predicted molar refractivity (Wildman–Crippen MR) is 80.2 cm³/mol. The molecule has 0 aliphatic rings. The molecule has 6 heteroatoms. The fraction of sp³-hybridized carbons (Fsp3) is 0.214. The zero-order valence-corrected chi connectivity index (χ0v) is 12.5. The molecule has 1 heterocycles. The van der Waals surface area contributed by atoms with E-state index in [9.17, 15) is 8.42 Å². The summed E-state index contributed by atoms with van der Waals surface area (Å²) in [5.74, 6) is 0.369. The minimum absolute atomic E-state index is 0.241. The van der Waals surface area contributed by atoms with E-state index in [1.54, 1.807) is 50.4 Å². The number of pyridine rings is 1. The van der Waals surface area contributed by atoms with Crippen LogP contribution in [0.1, 0.15) is 11.1 Å². The van der Waals surface area contributed by atoms with Crippen LogP contribution >= 0.6 is 0 Å². The zero-order chi connectivity index (χ0) is 14.9. The van der Waals surface area contributed by atoms with Crippen molar-refractivity contribution in [1.82, 2.24) is 4.98 Å². The van der Waals surface area contributed by atoms with Gasteiger partial charge in [-0.1, -0.05) is 12.1 Å². The van der Waals surface area contributed by atoms with E-state index >= 15 is 0 Å². The Balaban J connectivity index is 2.60. The van der Waals surface area contributed by atoms with Gasteiger partial charge in [-0.3, -0.25) is 4.31 Å². The second-order valence-electron chi connectivity index (χ2n) is 4.59. The molecule has 2 aromatic rings. The summed E-state index contributed by atoms with van der Waals surface area (Å²) in [6.45, 7) is 3.47. The van der Waals surface area contributed by atoms with Gasteiger partial charge in [0.25, 0.3) is 10.0 Å². The van der Waals surface area contributed by atoms with Crippen LogP contribution in [0.2, 0.25) is 0 Å². The van der Waals surface area contributed by atoms with Gasteiger partial charge in [0.15, 0.2) is 0 Å². The fourth-order valence-corrected chi connectivity index (χ4v) is 3.65. The highest BCUT2D eigenvalue weighted by Gasteiger charge is 2.26. The lowest BCUT2D eigenvalue weighted by molar-refractivity contribution is 0.592. The number of hydrogen-bond acceptors (Lipinski definition) is 4. The number of aryl methyl sites for hydroxylation is 1. The summed E-state index contributed by atoms with van der Waals surface area (Å²) in [4.78, 5) is 4.31. The van der Waals surface area contributed by atoms with Crippen LogP contribution in [0.5, 0.6) is 0 Å². The highest BCUT2D eigenvalue weighted by molar-refractivity contribution is 7.92. The Morgan fingerprint density at radius 1 is 1.15 bits per heavy atom. The maximum absolute atomic E-state index is 12.8. The van der Waals surface area contributed by atoms with Crippen molar-refractivity contribution in [2.24, 2.45) is 0 Å². The second kappa shape index (κ2) is 5.13. The lowest BCUT2D eigenvalue weighted by Crippen LogP contribution is -2.28. The highest BCUT2D eigenvalue weighted by atomic mass is 32.2. The van der Waals surface area contributed by atoms with Gasteiger partial charge in [0.05, 0.1) is 4.90 Å². The van der Waals surface area contributed by atoms with Gasteiger partial charge in [0, 0.05) is 18.9 Å². The van der Waals surface area contributed by atoms with Crippen molar-refractivity contribution >= 4 is 21.5 Å². The van der Waals surface area contributed by atoms with Crippen LogP contribution in [0, 0.1) is 13.8 Å². The van der Waals surface area contributed by atoms with Crippen molar-refractivity contribution in [3.05, 3.63) is 47.7 Å². The van der Waals surface area contributed by atoms with E-state index in [2.05, 4.69) is 4.98 Å². The van der Waals surface area contributed by atoms with Crippen molar-refractivity contribution in [2.45, 2.75) is 18.7 Å². The molecule has 0 fully saturated rings. The highest BCUT2D eigenvalue weighted by Crippen LogP contribution is 2.28. The smallest absolute Gasteiger partial charge is 0.265 e. The molecule has 0 unspecified atom stereocenters. The Morgan fingerprint density at radius 3 is 2.45 bits per heavy atom. The van der Waals surface area contributed by atoms with E-state index in [1.165, 1.54) is 11.4 Å². The summed E-state index contributed by atoms with van der Waals surface area (Å²) >= 11 is 0. The van der Waals surface area contributed by atoms with E-state index in [4.69, 9.17) is 5.73 Å². The number of nitrogen functional groups attached to an aromatic ring is 1. The molecule has 0 atom stereocenters. The van der Waals surface area contributed by atoms with Crippen LogP contribution in [0.25, 0.3) is 0 Å². The molecule has 0 saturated carbocycles. The number of aromatic nitrogens is 1. The molecule has 2 N–H and O–H groups in total. The van der Waals surface area contributed by atoms with Gasteiger partial charge < -0.3 is 5.73 Å². The molecule has 2 rings (SSSR count). The van der Waals surface area contributed by atoms with Crippen LogP contribution in [0.15, 0.2) is 41.4 Å². The first kappa shape index (κ1) is 14.3. The average Bonchev–Trinajstić information content (AvgIpc) is 2.43. The number of rotatable bonds is 3. The van der Waals surface area contributed by atoms with Crippen molar-refractivity contribution in [1.29, 1.82) is 0 Å². The minimum Gasteiger partial charge on any atom is -0.398 e. The van der Waals surface area contributed by atoms with Crippen LogP contribution in [0.3, 0.4) is 0 Å². The Hall–Kier alpha value is -2.08. The van der Waals surface area contributed by atoms with Crippen LogP contribution < -0.4 is 10.0 Å². The van der Waals surface area contributed by atoms with Gasteiger partial charge in [-0.05, 0) is 43.2 Å². The molecule has 0 spiro atoms. The van der Waals surface area contributed by atoms with Crippen molar-refractivity contribution in [3.8, 4) is 0 Å². The fourth-order valence-electron chi connectivity index (χ4n) is 2.04. The summed E-state index contributed by atoms with van der Waals surface area (Å²) in [6, 6.07) is 8.55. The molecular weight excluding hydrogens is 274 g/mol. The van der Waals surface area contributed by atoms with E-state index < -0.39 is 10.0 Å². The largest absolute Gasteiger partial charge is 0.398 e. The Labute approximate surface area is 119 Å². The minimum atomic E-state index is -3.69. The summed E-state index contributed by atoms with van der Waals surface area (Å²) < 4.78 is 26.7. The molecule has 0 bridgehead atoms. The number of hydrogen-bond donors (Lipinski definition) is 1. The van der Waals surface area contributed by atoms with E-state index in [-0.39, 0.29) is 4.90 Å². The Morgan fingerprint density at radius 2 is 1.85 bits per heavy atom. The van der Waals surface area contributed by atoms with Gasteiger partial charge in [-0.25, -0.2) is 13.4 Å². The molecule has 0 amide bonds. The Kier molecular flexibility index (Phi) is 3.67. The zero-order valence-electron chi connectivity index (χ0n) is 11.7. The van der Waals surface area contributed by atoms with Crippen LogP contribution in [-0.2, 0) is 10.0 Å². The third-order valence-electron chi connectivity index (χ3n) is 3.24. The molecule has 0 saturated heterocycles. The van der Waals surface area contributed by atoms with E-state index in [0.717, 1.165) is 0 Å². The standard InChI is InChI=1S/C14H17N3O2S/c1-10-7-8-12(15)11(2)14(10)20(18,19)17(3)13-6-4-5-9-16-13/h4-9H,15H2,1-3H3. The van der Waals surface area contributed by atoms with Gasteiger partial charge in [-0.15, -0.1) is 0 Å². The van der Waals surface area contributed by atoms with E-state index in [0.29, 0.717) is 22.6 Å². The third-order valence-corrected chi connectivity index (χ3v) is 5.29. The molecule has 0 aliphatic heterocycles. The summed E-state index contributed by atoms with van der Waals surface area (Å²) in [7, 11) is -2.20. The molecule has 106 valence electrons. The van der Waals surface area contributed by atoms with Crippen molar-refractivity contribution < 1.29 is 8.42 Å². The van der Waals surface area contributed by atoms with Gasteiger partial charge in [-0.2, -0.15) is 0 Å². The third kappa shape index (κ3) is 2.34. The number of anilines is 2. The maximum Gasteiger partial charge on any atom is 0.265 e. The number of nitrogens with zero attached hydrogens (tertiary/aromatic N) is 2. The van der Waals surface area contributed by atoms with E-state index in [1.807, 2.05) is 0 Å². The summed E-state index contributed by atoms with van der Waals surface area (Å²) in [5, 5.41) is 0. The number of benzene rings is 1. The molecule has 20 heavy (non-hydrogen) atoms. The first-order chi connectivity index (χ1) is 9.35. The molecule has 0 aliphatic carbocycles. The number of nitrogens with two attached hydrogens (primary N) is 1. The topological polar surface area (TPSA) is 76.3 Å². The summed E-state index contributed by atoms with van der Waals surface area (Å²) in [5.41, 5.74) is 7.52. The van der Waals surface area contributed by atoms with Crippen LogP contribution in [-0.4, -0.2) is 20.4 Å². The lowest BCUT2D eigenvalue weighted by atomic mass is 10.1. The Bertz CT molecular complexity index is 728. The molecule has 0 radical (unpaired) electrons.